The van der Waals surface area contributed by atoms with Crippen LogP contribution < -0.4 is 5.73 Å². The lowest BCUT2D eigenvalue weighted by Crippen LogP contribution is -2.57. The van der Waals surface area contributed by atoms with Gasteiger partial charge in [0.2, 0.25) is 0 Å². The highest BCUT2D eigenvalue weighted by atomic mass is 16.5. The third-order valence-corrected chi connectivity index (χ3v) is 4.05. The van der Waals surface area contributed by atoms with Crippen LogP contribution in [0.3, 0.4) is 0 Å². The van der Waals surface area contributed by atoms with Gasteiger partial charge in [-0.15, -0.1) is 0 Å². The molecule has 14 heavy (non-hydrogen) atoms. The van der Waals surface area contributed by atoms with E-state index < -0.39 is 5.54 Å². The summed E-state index contributed by atoms with van der Waals surface area (Å²) < 4.78 is 4.84. The van der Waals surface area contributed by atoms with Crippen molar-refractivity contribution >= 4 is 5.97 Å². The number of rotatable bonds is 1. The molecule has 80 valence electrons. The lowest BCUT2D eigenvalue weighted by Gasteiger charge is -2.40. The number of esters is 1. The minimum absolute atomic E-state index is 0.200. The number of hydrogen-bond acceptors (Lipinski definition) is 3. The van der Waals surface area contributed by atoms with Gasteiger partial charge in [0.15, 0.2) is 0 Å². The molecule has 0 amide bonds. The molecule has 2 fully saturated rings. The molecule has 0 aromatic heterocycles. The van der Waals surface area contributed by atoms with Gasteiger partial charge in [-0.25, -0.2) is 0 Å². The van der Waals surface area contributed by atoms with Crippen LogP contribution in [0, 0.1) is 11.8 Å². The summed E-state index contributed by atoms with van der Waals surface area (Å²) in [5.74, 6) is 0.852. The largest absolute Gasteiger partial charge is 0.468 e. The highest BCUT2D eigenvalue weighted by Gasteiger charge is 2.50. The van der Waals surface area contributed by atoms with E-state index in [0.717, 1.165) is 19.3 Å². The maximum atomic E-state index is 11.7. The molecule has 3 unspecified atom stereocenters. The van der Waals surface area contributed by atoms with E-state index in [1.54, 1.807) is 0 Å². The van der Waals surface area contributed by atoms with Crippen molar-refractivity contribution in [1.82, 2.24) is 0 Å². The van der Waals surface area contributed by atoms with Crippen LogP contribution >= 0.6 is 0 Å². The van der Waals surface area contributed by atoms with Gasteiger partial charge in [-0.1, -0.05) is 25.7 Å². The summed E-state index contributed by atoms with van der Waals surface area (Å²) in [4.78, 5) is 11.7. The molecule has 3 nitrogen and oxygen atoms in total. The molecule has 0 aromatic carbocycles. The molecule has 0 heterocycles. The molecule has 2 rings (SSSR count). The number of hydrogen-bond donors (Lipinski definition) is 1. The first-order valence-corrected chi connectivity index (χ1v) is 5.56. The predicted molar refractivity (Wildman–Crippen MR) is 53.6 cm³/mol. The molecule has 2 saturated carbocycles. The number of ether oxygens (including phenoxy) is 1. The Morgan fingerprint density at radius 3 is 2.79 bits per heavy atom. The van der Waals surface area contributed by atoms with Gasteiger partial charge in [-0.05, 0) is 24.7 Å². The number of carbonyl (C=O) groups excluding carboxylic acids is 1. The second kappa shape index (κ2) is 3.54. The van der Waals surface area contributed by atoms with Crippen LogP contribution in [0.25, 0.3) is 0 Å². The quantitative estimate of drug-likeness (QED) is 0.647. The van der Waals surface area contributed by atoms with Crippen LogP contribution in [0.4, 0.5) is 0 Å². The second-order valence-electron chi connectivity index (χ2n) is 4.72. The lowest BCUT2D eigenvalue weighted by molar-refractivity contribution is -0.151. The zero-order chi connectivity index (χ0) is 10.2. The maximum absolute atomic E-state index is 11.7. The summed E-state index contributed by atoms with van der Waals surface area (Å²) in [6.07, 6.45) is 6.72. The Morgan fingerprint density at radius 2 is 2.07 bits per heavy atom. The van der Waals surface area contributed by atoms with E-state index in [1.807, 2.05) is 0 Å². The maximum Gasteiger partial charge on any atom is 0.326 e. The van der Waals surface area contributed by atoms with Crippen LogP contribution in [0.2, 0.25) is 0 Å². The molecular formula is C11H19NO2. The lowest BCUT2D eigenvalue weighted by atomic mass is 9.69. The van der Waals surface area contributed by atoms with Gasteiger partial charge in [0.25, 0.3) is 0 Å². The number of methoxy groups -OCH3 is 1. The van der Waals surface area contributed by atoms with Gasteiger partial charge in [-0.2, -0.15) is 0 Å². The Labute approximate surface area is 85.0 Å². The molecule has 0 bridgehead atoms. The Balaban J connectivity index is 2.20. The number of nitrogens with two attached hydrogens (primary N) is 1. The fourth-order valence-electron chi connectivity index (χ4n) is 3.35. The van der Waals surface area contributed by atoms with Gasteiger partial charge in [0, 0.05) is 0 Å². The van der Waals surface area contributed by atoms with E-state index in [9.17, 15) is 4.79 Å². The monoisotopic (exact) mass is 197 g/mol. The van der Waals surface area contributed by atoms with Gasteiger partial charge >= 0.3 is 5.97 Å². The molecule has 3 atom stereocenters. The molecule has 2 aliphatic rings. The second-order valence-corrected chi connectivity index (χ2v) is 4.72. The van der Waals surface area contributed by atoms with Gasteiger partial charge in [0.1, 0.15) is 5.54 Å². The van der Waals surface area contributed by atoms with Crippen molar-refractivity contribution in [1.29, 1.82) is 0 Å². The van der Waals surface area contributed by atoms with Crippen molar-refractivity contribution in [2.24, 2.45) is 17.6 Å². The van der Waals surface area contributed by atoms with Crippen LogP contribution in [-0.2, 0) is 9.53 Å². The van der Waals surface area contributed by atoms with Crippen LogP contribution in [-0.4, -0.2) is 18.6 Å². The average Bonchev–Trinajstić information content (AvgIpc) is 2.66. The molecular weight excluding hydrogens is 178 g/mol. The standard InChI is InChI=1S/C11H19NO2/c1-14-10(13)11(12)7-3-5-8-4-2-6-9(8)11/h8-9H,2-7,12H2,1H3. The van der Waals surface area contributed by atoms with E-state index in [2.05, 4.69) is 0 Å². The van der Waals surface area contributed by atoms with E-state index >= 15 is 0 Å². The van der Waals surface area contributed by atoms with E-state index in [0.29, 0.717) is 11.8 Å². The third kappa shape index (κ3) is 1.34. The zero-order valence-corrected chi connectivity index (χ0v) is 8.79. The highest BCUT2D eigenvalue weighted by molar-refractivity contribution is 5.81. The van der Waals surface area contributed by atoms with Crippen molar-refractivity contribution in [3.05, 3.63) is 0 Å². The number of fused-ring (bicyclic) bond motifs is 1. The fraction of sp³-hybridized carbons (Fsp3) is 0.909. The Hall–Kier alpha value is -0.570. The van der Waals surface area contributed by atoms with Crippen LogP contribution in [0.15, 0.2) is 0 Å². The van der Waals surface area contributed by atoms with Crippen molar-refractivity contribution in [3.63, 3.8) is 0 Å². The van der Waals surface area contributed by atoms with E-state index in [1.165, 1.54) is 26.4 Å². The smallest absolute Gasteiger partial charge is 0.326 e. The highest BCUT2D eigenvalue weighted by Crippen LogP contribution is 2.46. The van der Waals surface area contributed by atoms with Crippen molar-refractivity contribution < 1.29 is 9.53 Å². The minimum atomic E-state index is -0.672. The van der Waals surface area contributed by atoms with Gasteiger partial charge in [-0.3, -0.25) is 4.79 Å². The Kier molecular flexibility index (Phi) is 2.52. The summed E-state index contributed by atoms with van der Waals surface area (Å²) in [6, 6.07) is 0. The van der Waals surface area contributed by atoms with E-state index in [4.69, 9.17) is 10.5 Å². The molecule has 0 spiro atoms. The van der Waals surface area contributed by atoms with Crippen molar-refractivity contribution in [2.75, 3.05) is 7.11 Å². The summed E-state index contributed by atoms with van der Waals surface area (Å²) >= 11 is 0. The average molecular weight is 197 g/mol. The summed E-state index contributed by atoms with van der Waals surface area (Å²) in [7, 11) is 1.44. The normalized spacial score (nSPS) is 41.9. The molecule has 0 saturated heterocycles. The van der Waals surface area contributed by atoms with Crippen LogP contribution in [0.1, 0.15) is 38.5 Å². The Morgan fingerprint density at radius 1 is 1.36 bits per heavy atom. The molecule has 0 aliphatic heterocycles. The fourth-order valence-corrected chi connectivity index (χ4v) is 3.35. The Bertz CT molecular complexity index is 241. The molecule has 2 N–H and O–H groups in total. The minimum Gasteiger partial charge on any atom is -0.468 e. The first-order chi connectivity index (χ1) is 6.68. The molecule has 0 radical (unpaired) electrons. The van der Waals surface area contributed by atoms with E-state index in [-0.39, 0.29) is 5.97 Å². The molecule has 3 heteroatoms. The number of carbonyl (C=O) groups is 1. The first-order valence-electron chi connectivity index (χ1n) is 5.56. The molecule has 0 aromatic rings. The van der Waals surface area contributed by atoms with Gasteiger partial charge < -0.3 is 10.5 Å². The third-order valence-electron chi connectivity index (χ3n) is 4.05. The van der Waals surface area contributed by atoms with Crippen molar-refractivity contribution in [3.8, 4) is 0 Å². The molecule has 2 aliphatic carbocycles. The summed E-state index contributed by atoms with van der Waals surface area (Å²) in [5, 5.41) is 0. The topological polar surface area (TPSA) is 52.3 Å². The van der Waals surface area contributed by atoms with Crippen LogP contribution in [0.5, 0.6) is 0 Å². The zero-order valence-electron chi connectivity index (χ0n) is 8.79. The predicted octanol–water partition coefficient (Wildman–Crippen LogP) is 1.46. The van der Waals surface area contributed by atoms with Gasteiger partial charge in [0.05, 0.1) is 7.11 Å². The first kappa shape index (κ1) is 9.97. The van der Waals surface area contributed by atoms with Crippen molar-refractivity contribution in [2.45, 2.75) is 44.1 Å². The summed E-state index contributed by atoms with van der Waals surface area (Å²) in [5.41, 5.74) is 5.55. The summed E-state index contributed by atoms with van der Waals surface area (Å²) in [6.45, 7) is 0. The SMILES string of the molecule is COC(=O)C1(N)CCCC2CCCC21.